The number of hydrogen-bond acceptors (Lipinski definition) is 10. The Bertz CT molecular complexity index is 2290. The number of nitrogens with one attached hydrogen (secondary N) is 2. The maximum Gasteiger partial charge on any atom is 0.410 e. The molecule has 0 fully saturated rings. The Balaban J connectivity index is 1.27. The maximum atomic E-state index is 13.6. The van der Waals surface area contributed by atoms with Gasteiger partial charge in [0.15, 0.2) is 8.32 Å². The lowest BCUT2D eigenvalue weighted by Gasteiger charge is -2.37. The van der Waals surface area contributed by atoms with Gasteiger partial charge in [0.1, 0.15) is 17.0 Å². The molecule has 0 radical (unpaired) electrons. The highest BCUT2D eigenvalue weighted by atomic mass is 35.5. The molecule has 1 aliphatic heterocycles. The number of pyridine rings is 2. The van der Waals surface area contributed by atoms with Gasteiger partial charge in [-0.25, -0.2) is 9.78 Å². The number of carbonyl (C=O) groups is 4. The van der Waals surface area contributed by atoms with Gasteiger partial charge in [-0.2, -0.15) is 0 Å². The first-order chi connectivity index (χ1) is 29.1. The number of esters is 1. The lowest BCUT2D eigenvalue weighted by atomic mass is 9.98. The number of rotatable bonds is 14. The second-order valence-electron chi connectivity index (χ2n) is 18.1. The second kappa shape index (κ2) is 19.9. The highest BCUT2D eigenvalue weighted by Gasteiger charge is 2.37. The first kappa shape index (κ1) is 47.9. The van der Waals surface area contributed by atoms with Crippen molar-refractivity contribution in [1.82, 2.24) is 19.8 Å². The molecule has 0 saturated heterocycles. The molecule has 62 heavy (non-hydrogen) atoms. The summed E-state index contributed by atoms with van der Waals surface area (Å²) >= 11 is 6.99. The predicted molar refractivity (Wildman–Crippen MR) is 246 cm³/mol. The molecule has 1 aliphatic rings. The molecule has 15 heteroatoms. The fourth-order valence-electron chi connectivity index (χ4n) is 6.77. The molecule has 13 nitrogen and oxygen atoms in total. The quantitative estimate of drug-likeness (QED) is 0.0925. The van der Waals surface area contributed by atoms with E-state index in [1.165, 1.54) is 0 Å². The number of aryl methyl sites for hydroxylation is 1. The number of amides is 3. The van der Waals surface area contributed by atoms with Crippen LogP contribution >= 0.6 is 11.6 Å². The van der Waals surface area contributed by atoms with Gasteiger partial charge in [-0.3, -0.25) is 24.3 Å². The molecule has 0 bridgehead atoms. The Kier molecular flexibility index (Phi) is 15.4. The first-order valence-corrected chi connectivity index (χ1v) is 24.3. The number of nitrogens with zero attached hydrogens (tertiary/aromatic N) is 4. The summed E-state index contributed by atoms with van der Waals surface area (Å²) in [5.74, 6) is -1.11. The monoisotopic (exact) mass is 884 g/mol. The number of ether oxygens (including phenoxy) is 2. The Morgan fingerprint density at radius 1 is 0.903 bits per heavy atom. The van der Waals surface area contributed by atoms with E-state index < -0.39 is 31.8 Å². The van der Waals surface area contributed by atoms with E-state index in [0.717, 1.165) is 39.9 Å². The van der Waals surface area contributed by atoms with Gasteiger partial charge >= 0.3 is 12.1 Å². The van der Waals surface area contributed by atoms with Crippen LogP contribution in [0.15, 0.2) is 60.8 Å². The fraction of sp³-hybridized carbons (Fsp3) is 0.447. The van der Waals surface area contributed by atoms with Gasteiger partial charge in [-0.05, 0) is 118 Å². The Morgan fingerprint density at radius 2 is 1.56 bits per heavy atom. The van der Waals surface area contributed by atoms with E-state index in [4.69, 9.17) is 30.5 Å². The number of anilines is 2. The van der Waals surface area contributed by atoms with Crippen molar-refractivity contribution in [1.29, 1.82) is 0 Å². The number of halogens is 1. The molecule has 0 spiro atoms. The summed E-state index contributed by atoms with van der Waals surface area (Å²) in [6, 6.07) is 16.1. The zero-order valence-electron chi connectivity index (χ0n) is 38.0. The van der Waals surface area contributed by atoms with E-state index in [1.54, 1.807) is 54.4 Å². The summed E-state index contributed by atoms with van der Waals surface area (Å²) in [6.45, 7) is 24.5. The van der Waals surface area contributed by atoms with Crippen LogP contribution in [0, 0.1) is 13.8 Å². The van der Waals surface area contributed by atoms with Crippen molar-refractivity contribution in [3.8, 4) is 11.1 Å². The molecule has 4 aromatic rings. The van der Waals surface area contributed by atoms with Crippen LogP contribution in [0.3, 0.4) is 0 Å². The number of fused-ring (bicyclic) bond motifs is 1. The van der Waals surface area contributed by atoms with E-state index in [-0.39, 0.29) is 35.5 Å². The molecule has 0 atom stereocenters. The van der Waals surface area contributed by atoms with Crippen LogP contribution < -0.4 is 10.6 Å². The van der Waals surface area contributed by atoms with Crippen molar-refractivity contribution in [2.24, 2.45) is 0 Å². The van der Waals surface area contributed by atoms with E-state index in [0.29, 0.717) is 54.8 Å². The molecule has 3 amide bonds. The molecule has 5 rings (SSSR count). The van der Waals surface area contributed by atoms with Crippen LogP contribution in [0.2, 0.25) is 23.2 Å². The molecule has 0 saturated carbocycles. The second-order valence-corrected chi connectivity index (χ2v) is 23.3. The molecule has 0 aliphatic carbocycles. The number of hydrogen-bond donors (Lipinski definition) is 2. The number of aromatic nitrogens is 2. The van der Waals surface area contributed by atoms with Gasteiger partial charge in [0.05, 0.1) is 42.7 Å². The number of carbonyl (C=O) groups excluding carboxylic acids is 4. The van der Waals surface area contributed by atoms with Crippen LogP contribution in [0.5, 0.6) is 0 Å². The van der Waals surface area contributed by atoms with Gasteiger partial charge in [0.2, 0.25) is 0 Å². The van der Waals surface area contributed by atoms with E-state index >= 15 is 0 Å². The van der Waals surface area contributed by atoms with Gasteiger partial charge in [0.25, 0.3) is 11.8 Å². The van der Waals surface area contributed by atoms with Crippen LogP contribution in [0.1, 0.15) is 97.4 Å². The minimum Gasteiger partial charge on any atom is -0.465 e. The highest BCUT2D eigenvalue weighted by molar-refractivity contribution is 6.74. The topological polar surface area (TPSA) is 152 Å². The van der Waals surface area contributed by atoms with E-state index in [9.17, 15) is 19.2 Å². The summed E-state index contributed by atoms with van der Waals surface area (Å²) in [6.07, 6.45) is 1.85. The lowest BCUT2D eigenvalue weighted by molar-refractivity contribution is -0.144. The van der Waals surface area contributed by atoms with Crippen molar-refractivity contribution in [2.75, 3.05) is 43.5 Å². The average molecular weight is 886 g/mol. The minimum atomic E-state index is -2.03. The normalized spacial score (nSPS) is 13.2. The van der Waals surface area contributed by atoms with E-state index in [1.807, 2.05) is 57.7 Å². The lowest BCUT2D eigenvalue weighted by Crippen LogP contribution is -2.44. The SMILES string of the molecule is CCOC(=O)CN1CCc2c(C)cc(C(=O)Nc3cccc(-c4cccc(NC(=O)c5ccc(CN(CCO[Si](C)(C)C(C)(C)C)C(=O)OC(C)(C)C)cn5)c4C)c3Cl)nc2C1. The van der Waals surface area contributed by atoms with Crippen LogP contribution in [0.4, 0.5) is 16.2 Å². The van der Waals surface area contributed by atoms with Gasteiger partial charge < -0.3 is 29.4 Å². The predicted octanol–water partition coefficient (Wildman–Crippen LogP) is 9.60. The van der Waals surface area contributed by atoms with Crippen molar-refractivity contribution in [3.63, 3.8) is 0 Å². The molecule has 0 unspecified atom stereocenters. The summed E-state index contributed by atoms with van der Waals surface area (Å²) in [5.41, 5.74) is 6.45. The van der Waals surface area contributed by atoms with Crippen molar-refractivity contribution >= 4 is 55.2 Å². The van der Waals surface area contributed by atoms with Crippen LogP contribution in [-0.4, -0.2) is 90.4 Å². The van der Waals surface area contributed by atoms with Gasteiger partial charge in [-0.15, -0.1) is 0 Å². The van der Waals surface area contributed by atoms with Crippen molar-refractivity contribution < 1.29 is 33.1 Å². The minimum absolute atomic E-state index is 0.0304. The third-order valence-corrected chi connectivity index (χ3v) is 16.2. The number of benzene rings is 2. The summed E-state index contributed by atoms with van der Waals surface area (Å²) < 4.78 is 17.2. The molecular formula is C47H61ClN6O7Si. The Morgan fingerprint density at radius 3 is 2.21 bits per heavy atom. The smallest absolute Gasteiger partial charge is 0.410 e. The third kappa shape index (κ3) is 12.3. The first-order valence-electron chi connectivity index (χ1n) is 21.0. The van der Waals surface area contributed by atoms with Crippen LogP contribution in [-0.2, 0) is 38.2 Å². The van der Waals surface area contributed by atoms with Gasteiger partial charge in [0, 0.05) is 37.1 Å². The standard InChI is InChI=1S/C47H61ClN6O7Si/c1-12-59-41(55)29-53-22-21-33-30(2)25-39(50-40(33)28-53)44(57)52-37-18-14-16-35(42(37)48)34-15-13-17-36(31(34)3)51-43(56)38-20-19-32(26-49-38)27-54(45(58)61-46(4,5)6)23-24-60-62(10,11)47(7,8)9/h13-20,25-26H,12,21-24,27-29H2,1-11H3,(H,51,56)(H,52,57). The largest absolute Gasteiger partial charge is 0.465 e. The average Bonchev–Trinajstić information content (AvgIpc) is 3.18. The zero-order valence-corrected chi connectivity index (χ0v) is 39.7. The summed E-state index contributed by atoms with van der Waals surface area (Å²) in [4.78, 5) is 65.3. The maximum absolute atomic E-state index is 13.6. The third-order valence-electron chi connectivity index (χ3n) is 11.2. The molecular weight excluding hydrogens is 824 g/mol. The van der Waals surface area contributed by atoms with E-state index in [2.05, 4.69) is 49.5 Å². The zero-order chi connectivity index (χ0) is 45.6. The Labute approximate surface area is 372 Å². The highest BCUT2D eigenvalue weighted by Crippen LogP contribution is 2.38. The fourth-order valence-corrected chi connectivity index (χ4v) is 8.08. The molecule has 332 valence electrons. The Hall–Kier alpha value is -5.15. The van der Waals surface area contributed by atoms with Gasteiger partial charge in [-0.1, -0.05) is 62.7 Å². The van der Waals surface area contributed by atoms with Crippen LogP contribution in [0.25, 0.3) is 11.1 Å². The molecule has 3 heterocycles. The summed E-state index contributed by atoms with van der Waals surface area (Å²) in [5, 5.41) is 6.28. The van der Waals surface area contributed by atoms with Crippen molar-refractivity contribution in [3.05, 3.63) is 105 Å². The molecule has 2 aromatic carbocycles. The summed E-state index contributed by atoms with van der Waals surface area (Å²) in [7, 11) is -2.03. The molecule has 2 N–H and O–H groups in total. The van der Waals surface area contributed by atoms with Crippen molar-refractivity contribution in [2.45, 2.75) is 106 Å². The molecule has 2 aromatic heterocycles.